The number of amides is 1. The van der Waals surface area contributed by atoms with Crippen molar-refractivity contribution < 1.29 is 14.6 Å². The molecule has 2 heterocycles. The molecule has 5 rings (SSSR count). The number of aromatic amines is 1. The zero-order valence-electron chi connectivity index (χ0n) is 19.4. The number of nitrogens with zero attached hydrogens (tertiary/aromatic N) is 3. The van der Waals surface area contributed by atoms with Gasteiger partial charge in [-0.1, -0.05) is 54.4 Å². The van der Waals surface area contributed by atoms with Crippen molar-refractivity contribution >= 4 is 29.1 Å². The van der Waals surface area contributed by atoms with Gasteiger partial charge in [0, 0.05) is 13.1 Å². The van der Waals surface area contributed by atoms with Gasteiger partial charge >= 0.3 is 5.69 Å². The largest absolute Gasteiger partial charge is 0.507 e. The maximum atomic E-state index is 13.4. The lowest BCUT2D eigenvalue weighted by Crippen LogP contribution is -2.37. The number of aromatic nitrogens is 3. The number of aromatic hydroxyl groups is 1. The van der Waals surface area contributed by atoms with Crippen molar-refractivity contribution in [2.75, 3.05) is 6.54 Å². The second kappa shape index (κ2) is 9.76. The number of benzene rings is 3. The Hall–Kier alpha value is -4.08. The minimum Gasteiger partial charge on any atom is -0.507 e. The van der Waals surface area contributed by atoms with Gasteiger partial charge in [0.25, 0.3) is 11.5 Å². The molecular weight excluding hydrogens is 519 g/mol. The third kappa shape index (κ3) is 4.83. The molecule has 4 aromatic rings. The normalized spacial score (nSPS) is 14.8. The SMILES string of the molecule is CC1CN(C(=O)c2cc(Oc3c(Cl)cc(-n4ncc(=O)[nH]c4=O)cc3Cl)ccc2O)Cc2ccccc21. The number of nitrogens with one attached hydrogen (secondary N) is 1. The number of hydrogen-bond acceptors (Lipinski definition) is 6. The zero-order valence-corrected chi connectivity index (χ0v) is 21.0. The van der Waals surface area contributed by atoms with Crippen molar-refractivity contribution in [3.05, 3.63) is 108 Å². The Balaban J connectivity index is 1.42. The molecule has 1 amide bonds. The van der Waals surface area contributed by atoms with Crippen LogP contribution in [0.3, 0.4) is 0 Å². The highest BCUT2D eigenvalue weighted by molar-refractivity contribution is 6.37. The van der Waals surface area contributed by atoms with E-state index in [-0.39, 0.29) is 50.4 Å². The molecule has 188 valence electrons. The minimum atomic E-state index is -0.760. The average molecular weight is 539 g/mol. The van der Waals surface area contributed by atoms with Crippen molar-refractivity contribution in [3.8, 4) is 22.9 Å². The number of H-pyrrole nitrogens is 1. The Morgan fingerprint density at radius 3 is 2.57 bits per heavy atom. The number of hydrogen-bond donors (Lipinski definition) is 2. The molecule has 11 heteroatoms. The summed E-state index contributed by atoms with van der Waals surface area (Å²) in [6.45, 7) is 3.00. The number of carbonyl (C=O) groups excluding carboxylic acids is 1. The van der Waals surface area contributed by atoms with Crippen LogP contribution in [0, 0.1) is 0 Å². The molecule has 0 spiro atoms. The molecule has 2 N–H and O–H groups in total. The summed E-state index contributed by atoms with van der Waals surface area (Å²) in [4.78, 5) is 40.5. The Kier molecular flexibility index (Phi) is 6.49. The second-order valence-corrected chi connectivity index (χ2v) is 9.47. The van der Waals surface area contributed by atoms with Crippen molar-refractivity contribution in [2.45, 2.75) is 19.4 Å². The van der Waals surface area contributed by atoms with Gasteiger partial charge in [-0.25, -0.2) is 4.79 Å². The molecule has 1 aliphatic rings. The van der Waals surface area contributed by atoms with E-state index in [0.717, 1.165) is 16.4 Å². The Morgan fingerprint density at radius 2 is 1.84 bits per heavy atom. The molecule has 0 fully saturated rings. The molecule has 0 aliphatic carbocycles. The fourth-order valence-electron chi connectivity index (χ4n) is 4.35. The molecule has 1 aliphatic heterocycles. The molecular formula is C26H20Cl2N4O5. The Morgan fingerprint density at radius 1 is 1.11 bits per heavy atom. The van der Waals surface area contributed by atoms with Crippen LogP contribution in [0.15, 0.2) is 70.4 Å². The first kappa shape index (κ1) is 24.6. The monoisotopic (exact) mass is 538 g/mol. The quantitative estimate of drug-likeness (QED) is 0.395. The minimum absolute atomic E-state index is 0.0600. The van der Waals surface area contributed by atoms with Crippen molar-refractivity contribution in [3.63, 3.8) is 0 Å². The van der Waals surface area contributed by atoms with Crippen molar-refractivity contribution in [1.82, 2.24) is 19.7 Å². The highest BCUT2D eigenvalue weighted by atomic mass is 35.5. The highest BCUT2D eigenvalue weighted by Gasteiger charge is 2.28. The van der Waals surface area contributed by atoms with Gasteiger partial charge in [-0.3, -0.25) is 14.6 Å². The van der Waals surface area contributed by atoms with E-state index in [0.29, 0.717) is 13.1 Å². The average Bonchev–Trinajstić information content (AvgIpc) is 2.86. The highest BCUT2D eigenvalue weighted by Crippen LogP contribution is 2.39. The van der Waals surface area contributed by atoms with Gasteiger partial charge in [-0.15, -0.1) is 0 Å². The summed E-state index contributed by atoms with van der Waals surface area (Å²) in [7, 11) is 0. The summed E-state index contributed by atoms with van der Waals surface area (Å²) in [6.07, 6.45) is 0.949. The number of ether oxygens (including phenoxy) is 1. The van der Waals surface area contributed by atoms with Crippen LogP contribution in [0.1, 0.15) is 34.3 Å². The molecule has 0 saturated carbocycles. The van der Waals surface area contributed by atoms with Crippen LogP contribution in [-0.4, -0.2) is 37.2 Å². The predicted octanol–water partition coefficient (Wildman–Crippen LogP) is 4.49. The van der Waals surface area contributed by atoms with Crippen LogP contribution in [0.5, 0.6) is 17.2 Å². The number of carbonyl (C=O) groups is 1. The van der Waals surface area contributed by atoms with Crippen LogP contribution >= 0.6 is 23.2 Å². The van der Waals surface area contributed by atoms with Gasteiger partial charge in [0.2, 0.25) is 0 Å². The topological polar surface area (TPSA) is 118 Å². The molecule has 3 aromatic carbocycles. The van der Waals surface area contributed by atoms with E-state index in [1.807, 2.05) is 18.2 Å². The van der Waals surface area contributed by atoms with E-state index in [4.69, 9.17) is 27.9 Å². The third-order valence-electron chi connectivity index (χ3n) is 6.09. The van der Waals surface area contributed by atoms with Gasteiger partial charge < -0.3 is 14.7 Å². The fraction of sp³-hybridized carbons (Fsp3) is 0.154. The summed E-state index contributed by atoms with van der Waals surface area (Å²) in [5.41, 5.74) is 1.17. The summed E-state index contributed by atoms with van der Waals surface area (Å²) in [6, 6.07) is 15.1. The van der Waals surface area contributed by atoms with Crippen LogP contribution in [0.4, 0.5) is 0 Å². The third-order valence-corrected chi connectivity index (χ3v) is 6.65. The van der Waals surface area contributed by atoms with E-state index in [2.05, 4.69) is 23.1 Å². The molecule has 1 aromatic heterocycles. The van der Waals surface area contributed by atoms with E-state index in [1.165, 1.54) is 35.9 Å². The summed E-state index contributed by atoms with van der Waals surface area (Å²) in [5.74, 6) is -0.0620. The predicted molar refractivity (Wildman–Crippen MR) is 138 cm³/mol. The lowest BCUT2D eigenvalue weighted by Gasteiger charge is -2.33. The van der Waals surface area contributed by atoms with Gasteiger partial charge in [-0.2, -0.15) is 9.78 Å². The Bertz CT molecular complexity index is 1630. The first-order valence-corrected chi connectivity index (χ1v) is 12.0. The molecule has 0 saturated heterocycles. The standard InChI is InChI=1S/C26H20Cl2N4O5/c1-14-12-31(13-15-4-2-3-5-18(14)15)25(35)19-10-17(6-7-22(19)33)37-24-20(27)8-16(9-21(24)28)32-26(36)30-23(34)11-29-32/h2-11,14,33H,12-13H2,1H3,(H,30,34,36). The van der Waals surface area contributed by atoms with Gasteiger partial charge in [0.1, 0.15) is 17.7 Å². The summed E-state index contributed by atoms with van der Waals surface area (Å²) in [5, 5.41) is 14.4. The smallest absolute Gasteiger partial charge is 0.349 e. The first-order chi connectivity index (χ1) is 17.7. The maximum absolute atomic E-state index is 13.4. The molecule has 37 heavy (non-hydrogen) atoms. The van der Waals surface area contributed by atoms with E-state index in [1.54, 1.807) is 4.90 Å². The lowest BCUT2D eigenvalue weighted by molar-refractivity contribution is 0.0717. The number of phenolic OH excluding ortho intramolecular Hbond substituents is 1. The fourth-order valence-corrected chi connectivity index (χ4v) is 4.91. The van der Waals surface area contributed by atoms with Crippen LogP contribution in [0.2, 0.25) is 10.0 Å². The first-order valence-electron chi connectivity index (χ1n) is 11.3. The second-order valence-electron chi connectivity index (χ2n) is 8.66. The van der Waals surface area contributed by atoms with Gasteiger partial charge in [-0.05, 0) is 47.4 Å². The van der Waals surface area contributed by atoms with Crippen molar-refractivity contribution in [2.24, 2.45) is 0 Å². The number of halogens is 2. The number of rotatable bonds is 4. The molecule has 9 nitrogen and oxygen atoms in total. The molecule has 0 bridgehead atoms. The molecule has 1 atom stereocenters. The van der Waals surface area contributed by atoms with Crippen LogP contribution in [0.25, 0.3) is 5.69 Å². The van der Waals surface area contributed by atoms with Gasteiger partial charge in [0.05, 0.1) is 21.3 Å². The Labute approximate surface area is 220 Å². The zero-order chi connectivity index (χ0) is 26.3. The summed E-state index contributed by atoms with van der Waals surface area (Å²) < 4.78 is 6.81. The van der Waals surface area contributed by atoms with Crippen molar-refractivity contribution in [1.29, 1.82) is 0 Å². The maximum Gasteiger partial charge on any atom is 0.349 e. The van der Waals surface area contributed by atoms with E-state index >= 15 is 0 Å². The number of phenols is 1. The van der Waals surface area contributed by atoms with Crippen LogP contribution < -0.4 is 16.0 Å². The summed E-state index contributed by atoms with van der Waals surface area (Å²) >= 11 is 12.8. The molecule has 0 radical (unpaired) electrons. The van der Waals surface area contributed by atoms with E-state index < -0.39 is 11.2 Å². The van der Waals surface area contributed by atoms with E-state index in [9.17, 15) is 19.5 Å². The van der Waals surface area contributed by atoms with Crippen LogP contribution in [-0.2, 0) is 6.54 Å². The lowest BCUT2D eigenvalue weighted by atomic mass is 9.91. The number of fused-ring (bicyclic) bond motifs is 1. The molecule has 1 unspecified atom stereocenters. The van der Waals surface area contributed by atoms with Gasteiger partial charge in [0.15, 0.2) is 5.75 Å².